The van der Waals surface area contributed by atoms with Crippen molar-refractivity contribution in [3.05, 3.63) is 94.0 Å². The largest absolute Gasteiger partial charge is 0.273 e. The molecule has 0 N–H and O–H groups in total. The van der Waals surface area contributed by atoms with E-state index in [0.717, 1.165) is 28.7 Å². The fraction of sp³-hybridized carbons (Fsp3) is 0.136. The number of halogens is 1. The molecule has 1 amide bonds. The van der Waals surface area contributed by atoms with Crippen molar-refractivity contribution >= 4 is 33.2 Å². The average Bonchev–Trinajstić information content (AvgIpc) is 2.84. The lowest BCUT2D eigenvalue weighted by Gasteiger charge is -2.35. The molecule has 0 spiro atoms. The predicted octanol–water partition coefficient (Wildman–Crippen LogP) is 5.37. The smallest absolute Gasteiger partial charge is 0.267 e. The Balaban J connectivity index is 1.84. The summed E-state index contributed by atoms with van der Waals surface area (Å²) in [4.78, 5) is 13.3. The first-order valence-corrected chi connectivity index (χ1v) is 9.44. The lowest BCUT2D eigenvalue weighted by atomic mass is 10.0. The molecule has 4 rings (SSSR count). The van der Waals surface area contributed by atoms with Gasteiger partial charge in [0, 0.05) is 11.5 Å². The molecule has 0 fully saturated rings. The van der Waals surface area contributed by atoms with Crippen LogP contribution in [0.2, 0.25) is 0 Å². The molecule has 4 heteroatoms. The number of anilines is 2. The summed E-state index contributed by atoms with van der Waals surface area (Å²) in [7, 11) is 1.83. The van der Waals surface area contributed by atoms with Gasteiger partial charge in [-0.05, 0) is 64.2 Å². The number of aryl methyl sites for hydroxylation is 2. The Morgan fingerprint density at radius 1 is 0.846 bits per heavy atom. The van der Waals surface area contributed by atoms with Gasteiger partial charge in [0.05, 0.1) is 16.9 Å². The van der Waals surface area contributed by atoms with Crippen LogP contribution in [0.15, 0.2) is 77.3 Å². The molecule has 0 saturated heterocycles. The van der Waals surface area contributed by atoms with Crippen molar-refractivity contribution in [2.24, 2.45) is 0 Å². The molecule has 0 unspecified atom stereocenters. The van der Waals surface area contributed by atoms with E-state index in [1.54, 1.807) is 5.01 Å². The third-order valence-corrected chi connectivity index (χ3v) is 5.49. The second-order valence-electron chi connectivity index (χ2n) is 6.38. The minimum atomic E-state index is -0.0519. The van der Waals surface area contributed by atoms with Crippen LogP contribution in [0, 0.1) is 0 Å². The van der Waals surface area contributed by atoms with E-state index in [1.807, 2.05) is 48.5 Å². The molecule has 0 atom stereocenters. The van der Waals surface area contributed by atoms with E-state index in [2.05, 4.69) is 52.3 Å². The highest BCUT2D eigenvalue weighted by Gasteiger charge is 2.27. The number of rotatable bonds is 2. The van der Waals surface area contributed by atoms with E-state index in [9.17, 15) is 4.79 Å². The van der Waals surface area contributed by atoms with Gasteiger partial charge in [0.25, 0.3) is 5.91 Å². The maximum absolute atomic E-state index is 13.3. The number of amides is 1. The van der Waals surface area contributed by atoms with Crippen LogP contribution in [0.5, 0.6) is 0 Å². The quantitative estimate of drug-likeness (QED) is 0.570. The van der Waals surface area contributed by atoms with Gasteiger partial charge in [-0.1, -0.05) is 48.5 Å². The van der Waals surface area contributed by atoms with Crippen molar-refractivity contribution < 1.29 is 4.79 Å². The predicted molar refractivity (Wildman–Crippen MR) is 109 cm³/mol. The maximum atomic E-state index is 13.3. The van der Waals surface area contributed by atoms with Gasteiger partial charge in [-0.25, -0.2) is 5.01 Å². The second-order valence-corrected chi connectivity index (χ2v) is 7.23. The molecule has 0 saturated carbocycles. The summed E-state index contributed by atoms with van der Waals surface area (Å²) in [5.74, 6) is -0.0519. The van der Waals surface area contributed by atoms with Crippen LogP contribution in [0.4, 0.5) is 11.4 Å². The minimum absolute atomic E-state index is 0.0519. The third-order valence-electron chi connectivity index (χ3n) is 4.80. The molecule has 130 valence electrons. The first kappa shape index (κ1) is 16.9. The second kappa shape index (κ2) is 6.96. The van der Waals surface area contributed by atoms with Crippen LogP contribution in [0.3, 0.4) is 0 Å². The number of fused-ring (bicyclic) bond motifs is 2. The van der Waals surface area contributed by atoms with Gasteiger partial charge in [-0.2, -0.15) is 0 Å². The first-order chi connectivity index (χ1) is 12.7. The Labute approximate surface area is 162 Å². The molecular weight excluding hydrogens is 388 g/mol. The summed E-state index contributed by atoms with van der Waals surface area (Å²) in [5.41, 5.74) is 5.25. The number of nitrogens with zero attached hydrogens (tertiary/aromatic N) is 2. The number of benzene rings is 3. The zero-order valence-corrected chi connectivity index (χ0v) is 16.1. The molecule has 1 aliphatic heterocycles. The molecule has 0 bridgehead atoms. The summed E-state index contributed by atoms with van der Waals surface area (Å²) in [5, 5.41) is 3.75. The van der Waals surface area contributed by atoms with Gasteiger partial charge in [-0.15, -0.1) is 0 Å². The molecule has 3 aromatic carbocycles. The van der Waals surface area contributed by atoms with Crippen LogP contribution >= 0.6 is 15.9 Å². The van der Waals surface area contributed by atoms with Gasteiger partial charge in [0.15, 0.2) is 0 Å². The van der Waals surface area contributed by atoms with Crippen molar-refractivity contribution in [3.63, 3.8) is 0 Å². The molecule has 3 nitrogen and oxygen atoms in total. The van der Waals surface area contributed by atoms with Gasteiger partial charge in [-0.3, -0.25) is 9.80 Å². The highest BCUT2D eigenvalue weighted by Crippen LogP contribution is 2.37. The SMILES string of the molecule is CN(C(=O)c1ccccc1Br)N1c2ccccc2CCc2ccccc21. The number of para-hydroxylation sites is 2. The number of hydrazine groups is 1. The Morgan fingerprint density at radius 3 is 1.92 bits per heavy atom. The number of hydrogen-bond acceptors (Lipinski definition) is 2. The van der Waals surface area contributed by atoms with Gasteiger partial charge in [0.2, 0.25) is 0 Å². The van der Waals surface area contributed by atoms with Crippen LogP contribution < -0.4 is 5.01 Å². The number of hydrogen-bond donors (Lipinski definition) is 0. The highest BCUT2D eigenvalue weighted by molar-refractivity contribution is 9.10. The molecule has 0 aliphatic carbocycles. The molecule has 1 aliphatic rings. The van der Waals surface area contributed by atoms with Gasteiger partial charge in [0.1, 0.15) is 0 Å². The number of carbonyl (C=O) groups is 1. The molecule has 1 heterocycles. The van der Waals surface area contributed by atoms with Crippen LogP contribution in [0.25, 0.3) is 0 Å². The molecular formula is C22H19BrN2O. The van der Waals surface area contributed by atoms with E-state index in [1.165, 1.54) is 11.1 Å². The first-order valence-electron chi connectivity index (χ1n) is 8.65. The van der Waals surface area contributed by atoms with E-state index < -0.39 is 0 Å². The molecule has 26 heavy (non-hydrogen) atoms. The van der Waals surface area contributed by atoms with Gasteiger partial charge >= 0.3 is 0 Å². The molecule has 0 aromatic heterocycles. The fourth-order valence-corrected chi connectivity index (χ4v) is 3.93. The Kier molecular flexibility index (Phi) is 4.51. The van der Waals surface area contributed by atoms with Crippen molar-refractivity contribution in [2.45, 2.75) is 12.8 Å². The summed E-state index contributed by atoms with van der Waals surface area (Å²) in [6.45, 7) is 0. The van der Waals surface area contributed by atoms with Gasteiger partial charge < -0.3 is 0 Å². The lowest BCUT2D eigenvalue weighted by molar-refractivity contribution is 0.0794. The van der Waals surface area contributed by atoms with Crippen molar-refractivity contribution in [1.29, 1.82) is 0 Å². The topological polar surface area (TPSA) is 23.6 Å². The van der Waals surface area contributed by atoms with E-state index in [0.29, 0.717) is 5.56 Å². The molecule has 3 aromatic rings. The monoisotopic (exact) mass is 406 g/mol. The van der Waals surface area contributed by atoms with Crippen molar-refractivity contribution in [3.8, 4) is 0 Å². The Hall–Kier alpha value is -2.59. The summed E-state index contributed by atoms with van der Waals surface area (Å²) < 4.78 is 0.799. The molecule has 0 radical (unpaired) electrons. The normalized spacial score (nSPS) is 12.8. The summed E-state index contributed by atoms with van der Waals surface area (Å²) in [6, 6.07) is 24.2. The Morgan fingerprint density at radius 2 is 1.35 bits per heavy atom. The average molecular weight is 407 g/mol. The Bertz CT molecular complexity index is 922. The van der Waals surface area contributed by atoms with Crippen molar-refractivity contribution in [1.82, 2.24) is 5.01 Å². The zero-order chi connectivity index (χ0) is 18.1. The van der Waals surface area contributed by atoms with Crippen molar-refractivity contribution in [2.75, 3.05) is 12.1 Å². The maximum Gasteiger partial charge on any atom is 0.273 e. The van der Waals surface area contributed by atoms with Crippen LogP contribution in [-0.2, 0) is 12.8 Å². The highest BCUT2D eigenvalue weighted by atomic mass is 79.9. The van der Waals surface area contributed by atoms with Crippen LogP contribution in [-0.4, -0.2) is 18.0 Å². The third kappa shape index (κ3) is 2.90. The standard InChI is InChI=1S/C22H19BrN2O/c1-24(22(26)18-10-4-5-11-19(18)23)25-20-12-6-2-8-16(20)14-15-17-9-3-7-13-21(17)25/h2-13H,14-15H2,1H3. The fourth-order valence-electron chi connectivity index (χ4n) is 3.48. The number of carbonyl (C=O) groups excluding carboxylic acids is 1. The lowest BCUT2D eigenvalue weighted by Crippen LogP contribution is -2.41. The van der Waals surface area contributed by atoms with E-state index in [4.69, 9.17) is 0 Å². The van der Waals surface area contributed by atoms with E-state index >= 15 is 0 Å². The summed E-state index contributed by atoms with van der Waals surface area (Å²) in [6.07, 6.45) is 1.92. The van der Waals surface area contributed by atoms with E-state index in [-0.39, 0.29) is 5.91 Å². The summed E-state index contributed by atoms with van der Waals surface area (Å²) >= 11 is 3.50. The minimum Gasteiger partial charge on any atom is -0.267 e. The zero-order valence-electron chi connectivity index (χ0n) is 14.5. The van der Waals surface area contributed by atoms with Crippen LogP contribution in [0.1, 0.15) is 21.5 Å².